The molecule has 0 aromatic heterocycles. The molecule has 4 rings (SSSR count). The molecule has 1 fully saturated rings. The molecule has 42 heavy (non-hydrogen) atoms. The van der Waals surface area contributed by atoms with Crippen LogP contribution in [0.5, 0.6) is 0 Å². The minimum atomic E-state index is -3.38. The number of hydrogen-bond acceptors (Lipinski definition) is 5. The predicted octanol–water partition coefficient (Wildman–Crippen LogP) is 5.66. The van der Waals surface area contributed by atoms with Gasteiger partial charge in [-0.3, -0.25) is 9.69 Å². The van der Waals surface area contributed by atoms with E-state index >= 15 is 0 Å². The van der Waals surface area contributed by atoms with Crippen molar-refractivity contribution in [1.82, 2.24) is 10.2 Å². The summed E-state index contributed by atoms with van der Waals surface area (Å²) in [6.07, 6.45) is 6.43. The van der Waals surface area contributed by atoms with E-state index < -0.39 is 27.8 Å². The molecule has 1 saturated heterocycles. The molecule has 0 radical (unpaired) electrons. The van der Waals surface area contributed by atoms with Crippen LogP contribution in [0.25, 0.3) is 11.1 Å². The van der Waals surface area contributed by atoms with Crippen molar-refractivity contribution in [2.45, 2.75) is 77.0 Å². The lowest BCUT2D eigenvalue weighted by atomic mass is 9.93. The number of rotatable bonds is 13. The fraction of sp³-hybridized carbons (Fsp3) is 0.412. The standard InChI is InChI=1S/C34H42N2O5S/c1-4-10-27-16-17-28(21-25-12-6-5-7-13-25)36(27)23-26-15-18-30(31(22-26)29-14-9-8-11-24(29)2)33(37)35-32(34(38)39)19-20-42(3,40)41/h5-9,11-15,18,22,27-28,32H,4,10,16-17,19-21,23H2,1-3H3,(H,35,37)(H,38,39). The Labute approximate surface area is 249 Å². The molecule has 0 saturated carbocycles. The monoisotopic (exact) mass is 590 g/mol. The van der Waals surface area contributed by atoms with Crippen molar-refractivity contribution >= 4 is 21.7 Å². The summed E-state index contributed by atoms with van der Waals surface area (Å²) in [6.45, 7) is 4.98. The molecule has 3 unspecified atom stereocenters. The number of carbonyl (C=O) groups excluding carboxylic acids is 1. The number of benzene rings is 3. The number of hydrogen-bond donors (Lipinski definition) is 2. The SMILES string of the molecule is CCCC1CCC(Cc2ccccc2)N1Cc1ccc(C(=O)NC(CCS(C)(=O)=O)C(=O)O)c(-c2ccccc2C)c1. The summed E-state index contributed by atoms with van der Waals surface area (Å²) in [5, 5.41) is 12.3. The number of carbonyl (C=O) groups is 2. The Morgan fingerprint density at radius 1 is 0.952 bits per heavy atom. The normalized spacial score (nSPS) is 18.1. The first-order valence-corrected chi connectivity index (χ1v) is 16.8. The summed E-state index contributed by atoms with van der Waals surface area (Å²) < 4.78 is 23.3. The van der Waals surface area contributed by atoms with Crippen molar-refractivity contribution in [3.05, 3.63) is 95.1 Å². The summed E-state index contributed by atoms with van der Waals surface area (Å²) in [5.41, 5.74) is 5.44. The average molecular weight is 591 g/mol. The molecule has 3 aromatic rings. The van der Waals surface area contributed by atoms with Gasteiger partial charge in [0.1, 0.15) is 15.9 Å². The predicted molar refractivity (Wildman–Crippen MR) is 167 cm³/mol. The van der Waals surface area contributed by atoms with Gasteiger partial charge in [-0.25, -0.2) is 13.2 Å². The molecule has 0 spiro atoms. The summed E-state index contributed by atoms with van der Waals surface area (Å²) in [4.78, 5) is 28.0. The van der Waals surface area contributed by atoms with Crippen molar-refractivity contribution in [3.63, 3.8) is 0 Å². The van der Waals surface area contributed by atoms with E-state index in [1.807, 2.05) is 43.3 Å². The Hall–Kier alpha value is -3.49. The van der Waals surface area contributed by atoms with Gasteiger partial charge in [0, 0.05) is 30.4 Å². The van der Waals surface area contributed by atoms with Gasteiger partial charge in [0.05, 0.1) is 5.75 Å². The van der Waals surface area contributed by atoms with Crippen LogP contribution < -0.4 is 5.32 Å². The zero-order chi connectivity index (χ0) is 30.3. The highest BCUT2D eigenvalue weighted by Gasteiger charge is 2.33. The Morgan fingerprint density at radius 3 is 2.31 bits per heavy atom. The number of carboxylic acid groups (broad SMARTS) is 1. The third-order valence-electron chi connectivity index (χ3n) is 8.22. The third-order valence-corrected chi connectivity index (χ3v) is 9.19. The van der Waals surface area contributed by atoms with E-state index in [1.54, 1.807) is 6.07 Å². The molecule has 1 heterocycles. The van der Waals surface area contributed by atoms with Crippen LogP contribution in [0.1, 0.15) is 66.1 Å². The van der Waals surface area contributed by atoms with Crippen LogP contribution >= 0.6 is 0 Å². The third kappa shape index (κ3) is 8.29. The Bertz CT molecular complexity index is 1490. The van der Waals surface area contributed by atoms with E-state index in [9.17, 15) is 23.1 Å². The molecule has 3 atom stereocenters. The van der Waals surface area contributed by atoms with Gasteiger partial charge >= 0.3 is 5.97 Å². The molecule has 8 heteroatoms. The number of likely N-dealkylation sites (tertiary alicyclic amines) is 1. The fourth-order valence-corrected chi connectivity index (χ4v) is 6.71. The molecule has 7 nitrogen and oxygen atoms in total. The highest BCUT2D eigenvalue weighted by molar-refractivity contribution is 7.90. The zero-order valence-corrected chi connectivity index (χ0v) is 25.6. The van der Waals surface area contributed by atoms with Gasteiger partial charge < -0.3 is 10.4 Å². The highest BCUT2D eigenvalue weighted by Crippen LogP contribution is 2.33. The minimum Gasteiger partial charge on any atom is -0.480 e. The van der Waals surface area contributed by atoms with Gasteiger partial charge in [-0.1, -0.05) is 74.0 Å². The van der Waals surface area contributed by atoms with Crippen LogP contribution in [0.3, 0.4) is 0 Å². The molecule has 1 aliphatic heterocycles. The lowest BCUT2D eigenvalue weighted by molar-refractivity contribution is -0.139. The molecule has 1 aliphatic rings. The van der Waals surface area contributed by atoms with Crippen LogP contribution in [-0.2, 0) is 27.6 Å². The molecule has 0 bridgehead atoms. The van der Waals surface area contributed by atoms with E-state index in [1.165, 1.54) is 12.0 Å². The van der Waals surface area contributed by atoms with Crippen molar-refractivity contribution < 1.29 is 23.1 Å². The fourth-order valence-electron chi connectivity index (χ4n) is 6.04. The van der Waals surface area contributed by atoms with Gasteiger partial charge in [0.25, 0.3) is 5.91 Å². The first-order valence-electron chi connectivity index (χ1n) is 14.8. The lowest BCUT2D eigenvalue weighted by Crippen LogP contribution is -2.42. The van der Waals surface area contributed by atoms with Crippen molar-refractivity contribution in [2.75, 3.05) is 12.0 Å². The number of sulfone groups is 1. The lowest BCUT2D eigenvalue weighted by Gasteiger charge is -2.31. The maximum Gasteiger partial charge on any atom is 0.326 e. The average Bonchev–Trinajstić information content (AvgIpc) is 3.31. The number of aryl methyl sites for hydroxylation is 1. The van der Waals surface area contributed by atoms with Crippen LogP contribution in [-0.4, -0.2) is 60.4 Å². The van der Waals surface area contributed by atoms with Gasteiger partial charge in [-0.15, -0.1) is 0 Å². The molecule has 224 valence electrons. The summed E-state index contributed by atoms with van der Waals surface area (Å²) in [5.74, 6) is -2.12. The Kier molecular flexibility index (Phi) is 10.6. The van der Waals surface area contributed by atoms with E-state index in [0.717, 1.165) is 60.7 Å². The quantitative estimate of drug-likeness (QED) is 0.267. The Balaban J connectivity index is 1.65. The summed E-state index contributed by atoms with van der Waals surface area (Å²) >= 11 is 0. The number of nitrogens with one attached hydrogen (secondary N) is 1. The molecule has 3 aromatic carbocycles. The second-order valence-electron chi connectivity index (χ2n) is 11.5. The zero-order valence-electron chi connectivity index (χ0n) is 24.8. The van der Waals surface area contributed by atoms with Crippen molar-refractivity contribution in [1.29, 1.82) is 0 Å². The van der Waals surface area contributed by atoms with Gasteiger partial charge in [-0.2, -0.15) is 0 Å². The molecular weight excluding hydrogens is 548 g/mol. The first kappa shape index (κ1) is 31.4. The maximum absolute atomic E-state index is 13.5. The smallest absolute Gasteiger partial charge is 0.326 e. The number of aliphatic carboxylic acids is 1. The maximum atomic E-state index is 13.5. The van der Waals surface area contributed by atoms with Gasteiger partial charge in [-0.05, 0) is 79.0 Å². The molecule has 0 aliphatic carbocycles. The second kappa shape index (κ2) is 14.1. The minimum absolute atomic E-state index is 0.200. The molecular formula is C34H42N2O5S. The second-order valence-corrected chi connectivity index (χ2v) is 13.8. The van der Waals surface area contributed by atoms with E-state index in [2.05, 4.69) is 47.5 Å². The summed E-state index contributed by atoms with van der Waals surface area (Å²) in [7, 11) is -3.38. The van der Waals surface area contributed by atoms with Gasteiger partial charge in [0.15, 0.2) is 0 Å². The van der Waals surface area contributed by atoms with E-state index in [0.29, 0.717) is 17.6 Å². The largest absolute Gasteiger partial charge is 0.480 e. The van der Waals surface area contributed by atoms with Crippen LogP contribution in [0, 0.1) is 6.92 Å². The summed E-state index contributed by atoms with van der Waals surface area (Å²) in [6, 6.07) is 23.9. The number of nitrogens with zero attached hydrogens (tertiary/aromatic N) is 1. The van der Waals surface area contributed by atoms with E-state index in [4.69, 9.17) is 0 Å². The van der Waals surface area contributed by atoms with Gasteiger partial charge in [0.2, 0.25) is 0 Å². The van der Waals surface area contributed by atoms with Crippen LogP contribution in [0.4, 0.5) is 0 Å². The van der Waals surface area contributed by atoms with Crippen LogP contribution in [0.2, 0.25) is 0 Å². The highest BCUT2D eigenvalue weighted by atomic mass is 32.2. The van der Waals surface area contributed by atoms with Crippen LogP contribution in [0.15, 0.2) is 72.8 Å². The van der Waals surface area contributed by atoms with E-state index in [-0.39, 0.29) is 12.2 Å². The number of carboxylic acids is 1. The van der Waals surface area contributed by atoms with Crippen molar-refractivity contribution in [3.8, 4) is 11.1 Å². The molecule has 2 N–H and O–H groups in total. The van der Waals surface area contributed by atoms with Crippen molar-refractivity contribution in [2.24, 2.45) is 0 Å². The topological polar surface area (TPSA) is 104 Å². The number of amides is 1. The Morgan fingerprint density at radius 2 is 1.64 bits per heavy atom. The molecule has 1 amide bonds. The first-order chi connectivity index (χ1) is 20.1.